The molecule has 0 unspecified atom stereocenters. The van der Waals surface area contributed by atoms with Crippen molar-refractivity contribution >= 4 is 56.1 Å². The summed E-state index contributed by atoms with van der Waals surface area (Å²) in [6.45, 7) is 8.00. The monoisotopic (exact) mass is 535 g/mol. The van der Waals surface area contributed by atoms with Gasteiger partial charge in [0.1, 0.15) is 11.3 Å². The molecule has 1 aliphatic rings. The van der Waals surface area contributed by atoms with Gasteiger partial charge in [-0.1, -0.05) is 11.6 Å². The van der Waals surface area contributed by atoms with E-state index < -0.39 is 5.82 Å². The standard InChI is InChI=1S/C21H24BrClFN9/c1-12(2)32-15-5-4-14(23)17(24)18(15)27-16(32)11-25-20-29-21(31-8-6-30(3)7-9-31)28-19-13(22)10-26-33(19)20/h4-5,10,12H,6-9,11H2,1-3H3,(H,25,28,29). The predicted molar refractivity (Wildman–Crippen MR) is 131 cm³/mol. The van der Waals surface area contributed by atoms with Gasteiger partial charge in [-0.25, -0.2) is 9.37 Å². The fraction of sp³-hybridized carbons (Fsp3) is 0.429. The van der Waals surface area contributed by atoms with Gasteiger partial charge in [0, 0.05) is 32.2 Å². The molecule has 1 fully saturated rings. The van der Waals surface area contributed by atoms with Crippen LogP contribution in [0.3, 0.4) is 0 Å². The molecule has 4 aromatic rings. The first-order valence-electron chi connectivity index (χ1n) is 10.8. The molecule has 0 aliphatic carbocycles. The Labute approximate surface area is 203 Å². The summed E-state index contributed by atoms with van der Waals surface area (Å²) in [4.78, 5) is 18.5. The van der Waals surface area contributed by atoms with Gasteiger partial charge in [0.15, 0.2) is 11.5 Å². The zero-order valence-electron chi connectivity index (χ0n) is 18.6. The Morgan fingerprint density at radius 3 is 2.64 bits per heavy atom. The summed E-state index contributed by atoms with van der Waals surface area (Å²) in [6, 6.07) is 3.45. The van der Waals surface area contributed by atoms with Gasteiger partial charge in [-0.2, -0.15) is 19.6 Å². The van der Waals surface area contributed by atoms with Crippen LogP contribution < -0.4 is 10.2 Å². The van der Waals surface area contributed by atoms with E-state index in [4.69, 9.17) is 21.6 Å². The number of imidazole rings is 1. The van der Waals surface area contributed by atoms with E-state index in [-0.39, 0.29) is 16.6 Å². The number of hydrogen-bond acceptors (Lipinski definition) is 7. The van der Waals surface area contributed by atoms with Crippen molar-refractivity contribution in [3.8, 4) is 0 Å². The summed E-state index contributed by atoms with van der Waals surface area (Å²) >= 11 is 9.52. The number of anilines is 2. The lowest BCUT2D eigenvalue weighted by Gasteiger charge is -2.32. The van der Waals surface area contributed by atoms with E-state index in [2.05, 4.69) is 48.2 Å². The van der Waals surface area contributed by atoms with Crippen molar-refractivity contribution < 1.29 is 4.39 Å². The quantitative estimate of drug-likeness (QED) is 0.413. The maximum absolute atomic E-state index is 14.6. The van der Waals surface area contributed by atoms with Gasteiger partial charge < -0.3 is 19.7 Å². The van der Waals surface area contributed by atoms with Crippen LogP contribution in [-0.2, 0) is 6.54 Å². The minimum absolute atomic E-state index is 0.0612. The molecule has 4 heterocycles. The van der Waals surface area contributed by atoms with E-state index in [1.54, 1.807) is 22.8 Å². The molecule has 1 N–H and O–H groups in total. The molecule has 1 aromatic carbocycles. The third-order valence-electron chi connectivity index (χ3n) is 5.85. The van der Waals surface area contributed by atoms with E-state index in [1.807, 2.05) is 18.4 Å². The molecule has 12 heteroatoms. The lowest BCUT2D eigenvalue weighted by atomic mass is 10.3. The number of halogens is 3. The molecule has 3 aromatic heterocycles. The summed E-state index contributed by atoms with van der Waals surface area (Å²) < 4.78 is 19.1. The number of aromatic nitrogens is 6. The maximum atomic E-state index is 14.6. The van der Waals surface area contributed by atoms with Crippen LogP contribution in [0.4, 0.5) is 16.3 Å². The molecular weight excluding hydrogens is 513 g/mol. The molecule has 0 spiro atoms. The molecule has 5 rings (SSSR count). The lowest BCUT2D eigenvalue weighted by molar-refractivity contribution is 0.311. The van der Waals surface area contributed by atoms with E-state index in [0.717, 1.165) is 30.7 Å². The highest BCUT2D eigenvalue weighted by Gasteiger charge is 2.22. The van der Waals surface area contributed by atoms with Gasteiger partial charge >= 0.3 is 0 Å². The number of fused-ring (bicyclic) bond motifs is 2. The van der Waals surface area contributed by atoms with E-state index >= 15 is 0 Å². The number of hydrogen-bond donors (Lipinski definition) is 1. The van der Waals surface area contributed by atoms with Crippen molar-refractivity contribution in [2.75, 3.05) is 43.4 Å². The first-order valence-corrected chi connectivity index (χ1v) is 11.9. The summed E-state index contributed by atoms with van der Waals surface area (Å²) in [5, 5.41) is 7.82. The lowest BCUT2D eigenvalue weighted by Crippen LogP contribution is -2.45. The topological polar surface area (TPSA) is 79.4 Å². The summed E-state index contributed by atoms with van der Waals surface area (Å²) in [5.41, 5.74) is 1.65. The van der Waals surface area contributed by atoms with Gasteiger partial charge in [0.05, 0.1) is 27.8 Å². The molecule has 0 atom stereocenters. The summed E-state index contributed by atoms with van der Waals surface area (Å²) in [7, 11) is 2.11. The Morgan fingerprint density at radius 1 is 1.15 bits per heavy atom. The van der Waals surface area contributed by atoms with Crippen LogP contribution in [0.5, 0.6) is 0 Å². The fourth-order valence-electron chi connectivity index (χ4n) is 4.11. The zero-order valence-corrected chi connectivity index (χ0v) is 20.9. The Kier molecular flexibility index (Phi) is 5.87. The first-order chi connectivity index (χ1) is 15.8. The molecule has 0 amide bonds. The number of rotatable bonds is 5. The Balaban J connectivity index is 1.52. The van der Waals surface area contributed by atoms with Crippen LogP contribution in [0, 0.1) is 5.82 Å². The highest BCUT2D eigenvalue weighted by Crippen LogP contribution is 2.28. The van der Waals surface area contributed by atoms with Crippen LogP contribution in [-0.4, -0.2) is 67.3 Å². The van der Waals surface area contributed by atoms with Crippen molar-refractivity contribution in [3.05, 3.63) is 39.5 Å². The summed E-state index contributed by atoms with van der Waals surface area (Å²) in [5.74, 6) is 1.36. The highest BCUT2D eigenvalue weighted by atomic mass is 79.9. The summed E-state index contributed by atoms with van der Waals surface area (Å²) in [6.07, 6.45) is 1.70. The van der Waals surface area contributed by atoms with Crippen LogP contribution in [0.2, 0.25) is 5.02 Å². The van der Waals surface area contributed by atoms with Gasteiger partial charge in [0.25, 0.3) is 0 Å². The van der Waals surface area contributed by atoms with Crippen LogP contribution in [0.25, 0.3) is 16.7 Å². The number of nitrogens with zero attached hydrogens (tertiary/aromatic N) is 8. The van der Waals surface area contributed by atoms with E-state index in [1.165, 1.54) is 0 Å². The predicted octanol–water partition coefficient (Wildman–Crippen LogP) is 3.97. The maximum Gasteiger partial charge on any atom is 0.230 e. The largest absolute Gasteiger partial charge is 0.347 e. The van der Waals surface area contributed by atoms with Crippen molar-refractivity contribution in [2.45, 2.75) is 26.4 Å². The first kappa shape index (κ1) is 22.3. The molecule has 1 saturated heterocycles. The zero-order chi connectivity index (χ0) is 23.3. The van der Waals surface area contributed by atoms with Crippen LogP contribution in [0.1, 0.15) is 25.7 Å². The molecule has 0 bridgehead atoms. The van der Waals surface area contributed by atoms with Crippen molar-refractivity contribution in [3.63, 3.8) is 0 Å². The third-order valence-corrected chi connectivity index (χ3v) is 6.70. The smallest absolute Gasteiger partial charge is 0.230 e. The van der Waals surface area contributed by atoms with Gasteiger partial charge in [-0.05, 0) is 49.0 Å². The van der Waals surface area contributed by atoms with Gasteiger partial charge in [-0.3, -0.25) is 0 Å². The number of nitrogens with one attached hydrogen (secondary N) is 1. The van der Waals surface area contributed by atoms with E-state index in [9.17, 15) is 4.39 Å². The van der Waals surface area contributed by atoms with Crippen molar-refractivity contribution in [1.29, 1.82) is 0 Å². The molecule has 9 nitrogen and oxygen atoms in total. The normalized spacial score (nSPS) is 15.3. The Bertz CT molecular complexity index is 1330. The van der Waals surface area contributed by atoms with Crippen molar-refractivity contribution in [2.24, 2.45) is 0 Å². The van der Waals surface area contributed by atoms with Gasteiger partial charge in [-0.15, -0.1) is 0 Å². The minimum Gasteiger partial charge on any atom is -0.347 e. The van der Waals surface area contributed by atoms with E-state index in [0.29, 0.717) is 35.4 Å². The highest BCUT2D eigenvalue weighted by molar-refractivity contribution is 9.10. The van der Waals surface area contributed by atoms with Crippen LogP contribution >= 0.6 is 27.5 Å². The SMILES string of the molecule is CC(C)n1c(CNc2nc(N3CCN(C)CC3)nc3c(Br)cnn23)nc2c(F)c(Cl)ccc21. The molecule has 33 heavy (non-hydrogen) atoms. The second-order valence-corrected chi connectivity index (χ2v) is 9.70. The average Bonchev–Trinajstić information content (AvgIpc) is 3.36. The van der Waals surface area contributed by atoms with Crippen molar-refractivity contribution in [1.82, 2.24) is 34.0 Å². The second-order valence-electron chi connectivity index (χ2n) is 8.44. The molecule has 1 aliphatic heterocycles. The fourth-order valence-corrected chi connectivity index (χ4v) is 4.61. The molecule has 0 saturated carbocycles. The van der Waals surface area contributed by atoms with Gasteiger partial charge in [0.2, 0.25) is 11.9 Å². The molecule has 0 radical (unpaired) electrons. The minimum atomic E-state index is -0.507. The molecule has 174 valence electrons. The van der Waals surface area contributed by atoms with Crippen LogP contribution in [0.15, 0.2) is 22.8 Å². The number of likely N-dealkylation sites (N-methyl/N-ethyl adjacent to an activating group) is 1. The Hall–Kier alpha value is -2.50. The molecular formula is C21H24BrClFN9. The Morgan fingerprint density at radius 2 is 1.91 bits per heavy atom. The number of piperazine rings is 1. The second kappa shape index (κ2) is 8.69. The number of benzene rings is 1. The third kappa shape index (κ3) is 4.02. The average molecular weight is 537 g/mol.